The van der Waals surface area contributed by atoms with Crippen LogP contribution in [0.4, 0.5) is 5.95 Å². The summed E-state index contributed by atoms with van der Waals surface area (Å²) in [7, 11) is 4.12. The Labute approximate surface area is 157 Å². The Kier molecular flexibility index (Phi) is 6.83. The third-order valence-corrected chi connectivity index (χ3v) is 5.76. The van der Waals surface area contributed by atoms with Gasteiger partial charge in [0.2, 0.25) is 5.95 Å². The van der Waals surface area contributed by atoms with E-state index in [2.05, 4.69) is 51.7 Å². The molecule has 2 aliphatic rings. The van der Waals surface area contributed by atoms with Crippen LogP contribution in [0.5, 0.6) is 0 Å². The SMILES string of the molecule is CNC1CCC(Nc2nccc(C/C=N\N(C)[C@H](C)CC3CC3)n2)CC1. The molecule has 0 amide bonds. The number of hydrogen-bond acceptors (Lipinski definition) is 6. The molecule has 6 nitrogen and oxygen atoms in total. The van der Waals surface area contributed by atoms with Crippen molar-refractivity contribution in [2.75, 3.05) is 19.4 Å². The third kappa shape index (κ3) is 5.94. The predicted octanol–water partition coefficient (Wildman–Crippen LogP) is 3.07. The van der Waals surface area contributed by atoms with Gasteiger partial charge in [0, 0.05) is 44.0 Å². The second-order valence-corrected chi connectivity index (χ2v) is 7.96. The Balaban J connectivity index is 1.45. The van der Waals surface area contributed by atoms with Gasteiger partial charge < -0.3 is 10.6 Å². The van der Waals surface area contributed by atoms with Crippen molar-refractivity contribution in [2.24, 2.45) is 11.0 Å². The zero-order valence-corrected chi connectivity index (χ0v) is 16.5. The standard InChI is InChI=1S/C20H34N6/c1-15(14-16-4-5-16)26(3)23-13-11-19-10-12-22-20(25-19)24-18-8-6-17(21-2)7-9-18/h10,12-13,15-18,21H,4-9,11,14H2,1-3H3,(H,22,24,25)/b23-13-/t15-,17?,18?/m1/s1. The van der Waals surface area contributed by atoms with Gasteiger partial charge in [-0.05, 0) is 58.1 Å². The molecule has 26 heavy (non-hydrogen) atoms. The second-order valence-electron chi connectivity index (χ2n) is 7.96. The molecule has 2 aliphatic carbocycles. The summed E-state index contributed by atoms with van der Waals surface area (Å²) in [5.41, 5.74) is 1.01. The quantitative estimate of drug-likeness (QED) is 0.525. The molecule has 3 rings (SSSR count). The smallest absolute Gasteiger partial charge is 0.223 e. The highest BCUT2D eigenvalue weighted by molar-refractivity contribution is 5.60. The van der Waals surface area contributed by atoms with Gasteiger partial charge in [-0.3, -0.25) is 5.01 Å². The lowest BCUT2D eigenvalue weighted by Crippen LogP contribution is -2.35. The van der Waals surface area contributed by atoms with E-state index in [-0.39, 0.29) is 0 Å². The fourth-order valence-electron chi connectivity index (χ4n) is 3.65. The molecule has 0 saturated heterocycles. The van der Waals surface area contributed by atoms with Gasteiger partial charge in [-0.1, -0.05) is 12.8 Å². The summed E-state index contributed by atoms with van der Waals surface area (Å²) in [6.45, 7) is 2.26. The van der Waals surface area contributed by atoms with Crippen molar-refractivity contribution in [2.45, 2.75) is 76.4 Å². The van der Waals surface area contributed by atoms with E-state index in [0.717, 1.165) is 24.0 Å². The molecule has 2 fully saturated rings. The minimum atomic E-state index is 0.484. The maximum absolute atomic E-state index is 4.66. The topological polar surface area (TPSA) is 65.4 Å². The lowest BCUT2D eigenvalue weighted by molar-refractivity contribution is 0.250. The van der Waals surface area contributed by atoms with Crippen molar-refractivity contribution < 1.29 is 0 Å². The fourth-order valence-corrected chi connectivity index (χ4v) is 3.65. The molecule has 0 bridgehead atoms. The Hall–Kier alpha value is -1.69. The highest BCUT2D eigenvalue weighted by Crippen LogP contribution is 2.34. The summed E-state index contributed by atoms with van der Waals surface area (Å²) in [4.78, 5) is 9.05. The normalized spacial score (nSPS) is 24.6. The molecule has 0 spiro atoms. The number of hydrogen-bond donors (Lipinski definition) is 2. The number of anilines is 1. The zero-order chi connectivity index (χ0) is 18.4. The van der Waals surface area contributed by atoms with Crippen LogP contribution in [0, 0.1) is 5.92 Å². The second kappa shape index (κ2) is 9.31. The first-order valence-electron chi connectivity index (χ1n) is 10.1. The van der Waals surface area contributed by atoms with Gasteiger partial charge >= 0.3 is 0 Å². The molecule has 0 unspecified atom stereocenters. The van der Waals surface area contributed by atoms with E-state index in [4.69, 9.17) is 0 Å². The van der Waals surface area contributed by atoms with E-state index in [1.165, 1.54) is 44.9 Å². The van der Waals surface area contributed by atoms with Crippen LogP contribution in [0.1, 0.15) is 57.6 Å². The van der Waals surface area contributed by atoms with Gasteiger partial charge in [0.1, 0.15) is 0 Å². The summed E-state index contributed by atoms with van der Waals surface area (Å²) in [6.07, 6.45) is 13.4. The van der Waals surface area contributed by atoms with Crippen molar-refractivity contribution in [3.63, 3.8) is 0 Å². The average molecular weight is 359 g/mol. The largest absolute Gasteiger partial charge is 0.351 e. The first-order valence-corrected chi connectivity index (χ1v) is 10.1. The lowest BCUT2D eigenvalue weighted by atomic mass is 9.91. The van der Waals surface area contributed by atoms with Crippen molar-refractivity contribution in [1.82, 2.24) is 20.3 Å². The summed E-state index contributed by atoms with van der Waals surface area (Å²) in [5, 5.41) is 13.5. The Morgan fingerprint density at radius 1 is 1.23 bits per heavy atom. The minimum Gasteiger partial charge on any atom is -0.351 e. The van der Waals surface area contributed by atoms with E-state index < -0.39 is 0 Å². The highest BCUT2D eigenvalue weighted by Gasteiger charge is 2.24. The third-order valence-electron chi connectivity index (χ3n) is 5.76. The predicted molar refractivity (Wildman–Crippen MR) is 108 cm³/mol. The van der Waals surface area contributed by atoms with Crippen LogP contribution in [0.15, 0.2) is 17.4 Å². The van der Waals surface area contributed by atoms with E-state index in [1.807, 2.05) is 18.5 Å². The van der Waals surface area contributed by atoms with Crippen molar-refractivity contribution in [1.29, 1.82) is 0 Å². The molecular weight excluding hydrogens is 324 g/mol. The average Bonchev–Trinajstić information content (AvgIpc) is 3.46. The van der Waals surface area contributed by atoms with E-state index in [9.17, 15) is 0 Å². The van der Waals surface area contributed by atoms with Crippen molar-refractivity contribution in [3.05, 3.63) is 18.0 Å². The van der Waals surface area contributed by atoms with Crippen LogP contribution in [-0.2, 0) is 6.42 Å². The molecule has 0 aliphatic heterocycles. The Bertz CT molecular complexity index is 577. The molecule has 2 N–H and O–H groups in total. The molecule has 144 valence electrons. The van der Waals surface area contributed by atoms with Crippen LogP contribution in [0.3, 0.4) is 0 Å². The summed E-state index contributed by atoms with van der Waals surface area (Å²) < 4.78 is 0. The van der Waals surface area contributed by atoms with E-state index in [1.54, 1.807) is 0 Å². The van der Waals surface area contributed by atoms with Gasteiger partial charge in [-0.25, -0.2) is 9.97 Å². The number of hydrazone groups is 1. The van der Waals surface area contributed by atoms with Crippen LogP contribution >= 0.6 is 0 Å². The molecule has 0 radical (unpaired) electrons. The number of nitrogens with zero attached hydrogens (tertiary/aromatic N) is 4. The monoisotopic (exact) mass is 358 g/mol. The number of rotatable bonds is 9. The number of aromatic nitrogens is 2. The maximum Gasteiger partial charge on any atom is 0.223 e. The first-order chi connectivity index (χ1) is 12.6. The molecule has 1 aromatic heterocycles. The van der Waals surface area contributed by atoms with Crippen molar-refractivity contribution in [3.8, 4) is 0 Å². The van der Waals surface area contributed by atoms with Crippen LogP contribution < -0.4 is 10.6 Å². The highest BCUT2D eigenvalue weighted by atomic mass is 15.4. The molecule has 1 aromatic rings. The summed E-state index contributed by atoms with van der Waals surface area (Å²) >= 11 is 0. The van der Waals surface area contributed by atoms with Gasteiger partial charge in [0.05, 0.1) is 5.69 Å². The van der Waals surface area contributed by atoms with Gasteiger partial charge in [-0.15, -0.1) is 0 Å². The van der Waals surface area contributed by atoms with E-state index >= 15 is 0 Å². The van der Waals surface area contributed by atoms with Crippen LogP contribution in [0.2, 0.25) is 0 Å². The van der Waals surface area contributed by atoms with E-state index in [0.29, 0.717) is 18.1 Å². The number of nitrogens with one attached hydrogen (secondary N) is 2. The molecule has 1 atom stereocenters. The van der Waals surface area contributed by atoms with Gasteiger partial charge in [0.25, 0.3) is 0 Å². The summed E-state index contributed by atoms with van der Waals surface area (Å²) in [5.74, 6) is 1.68. The first kappa shape index (κ1) is 19.1. The molecule has 2 saturated carbocycles. The van der Waals surface area contributed by atoms with Crippen LogP contribution in [-0.4, -0.2) is 53.4 Å². The lowest BCUT2D eigenvalue weighted by Gasteiger charge is -2.28. The van der Waals surface area contributed by atoms with Crippen LogP contribution in [0.25, 0.3) is 0 Å². The van der Waals surface area contributed by atoms with Gasteiger partial charge in [0.15, 0.2) is 0 Å². The Morgan fingerprint density at radius 3 is 2.65 bits per heavy atom. The Morgan fingerprint density at radius 2 is 1.96 bits per heavy atom. The molecule has 1 heterocycles. The minimum absolute atomic E-state index is 0.484. The summed E-state index contributed by atoms with van der Waals surface area (Å²) in [6, 6.07) is 3.63. The fraction of sp³-hybridized carbons (Fsp3) is 0.750. The maximum atomic E-state index is 4.66. The molecule has 0 aromatic carbocycles. The zero-order valence-electron chi connectivity index (χ0n) is 16.5. The molecule has 6 heteroatoms. The van der Waals surface area contributed by atoms with Gasteiger partial charge in [-0.2, -0.15) is 5.10 Å². The molecular formula is C20H34N6. The van der Waals surface area contributed by atoms with Crippen molar-refractivity contribution >= 4 is 12.2 Å².